The largest absolute Gasteiger partial charge is 0.358 e. The molecule has 19 heavy (non-hydrogen) atoms. The van der Waals surface area contributed by atoms with Crippen molar-refractivity contribution in [2.75, 3.05) is 25.0 Å². The van der Waals surface area contributed by atoms with Gasteiger partial charge in [-0.25, -0.2) is 4.98 Å². The molecule has 2 heterocycles. The quantitative estimate of drug-likeness (QED) is 0.777. The Hall–Kier alpha value is -1.55. The highest BCUT2D eigenvalue weighted by atomic mass is 15.2. The van der Waals surface area contributed by atoms with Crippen molar-refractivity contribution in [2.24, 2.45) is 0 Å². The van der Waals surface area contributed by atoms with Gasteiger partial charge in [0.25, 0.3) is 0 Å². The maximum Gasteiger partial charge on any atom is 0.152 e. The Labute approximate surface area is 115 Å². The zero-order chi connectivity index (χ0) is 13.7. The molecule has 0 spiro atoms. The summed E-state index contributed by atoms with van der Waals surface area (Å²) in [5.74, 6) is 1.09. The standard InChI is InChI=1S/C15H24N4/c1-4-9-16-12-13-15(18(3)10-5-2)17-14-8-6-7-11-19(13)14/h6-8,11,16H,4-5,9-10,12H2,1-3H3. The van der Waals surface area contributed by atoms with E-state index >= 15 is 0 Å². The molecule has 104 valence electrons. The lowest BCUT2D eigenvalue weighted by Crippen LogP contribution is -2.22. The Morgan fingerprint density at radius 1 is 1.26 bits per heavy atom. The SMILES string of the molecule is CCCNCc1c(N(C)CCC)nc2ccccn12. The topological polar surface area (TPSA) is 32.6 Å². The summed E-state index contributed by atoms with van der Waals surface area (Å²) in [6.07, 6.45) is 4.37. The van der Waals surface area contributed by atoms with Crippen LogP contribution in [-0.4, -0.2) is 29.5 Å². The van der Waals surface area contributed by atoms with E-state index in [0.29, 0.717) is 0 Å². The summed E-state index contributed by atoms with van der Waals surface area (Å²) in [6.45, 7) is 7.32. The van der Waals surface area contributed by atoms with Crippen molar-refractivity contribution in [3.05, 3.63) is 30.1 Å². The molecule has 0 saturated heterocycles. The van der Waals surface area contributed by atoms with Crippen LogP contribution in [-0.2, 0) is 6.54 Å². The number of nitrogens with zero attached hydrogens (tertiary/aromatic N) is 3. The predicted molar refractivity (Wildman–Crippen MR) is 80.8 cm³/mol. The molecule has 2 aromatic rings. The van der Waals surface area contributed by atoms with Crippen molar-refractivity contribution in [2.45, 2.75) is 33.2 Å². The lowest BCUT2D eigenvalue weighted by molar-refractivity contribution is 0.658. The first-order valence-corrected chi connectivity index (χ1v) is 7.15. The van der Waals surface area contributed by atoms with Crippen molar-refractivity contribution in [1.82, 2.24) is 14.7 Å². The molecule has 0 aliphatic heterocycles. The Bertz CT molecular complexity index is 518. The van der Waals surface area contributed by atoms with Crippen LogP contribution in [0, 0.1) is 0 Å². The van der Waals surface area contributed by atoms with Gasteiger partial charge < -0.3 is 14.6 Å². The summed E-state index contributed by atoms with van der Waals surface area (Å²) in [5, 5.41) is 3.48. The van der Waals surface area contributed by atoms with Crippen LogP contribution < -0.4 is 10.2 Å². The molecule has 1 N–H and O–H groups in total. The fourth-order valence-electron chi connectivity index (χ4n) is 2.33. The lowest BCUT2D eigenvalue weighted by atomic mass is 10.3. The van der Waals surface area contributed by atoms with Crippen LogP contribution in [0.1, 0.15) is 32.4 Å². The van der Waals surface area contributed by atoms with Crippen LogP contribution in [0.2, 0.25) is 0 Å². The van der Waals surface area contributed by atoms with E-state index in [2.05, 4.69) is 53.8 Å². The molecular weight excluding hydrogens is 236 g/mol. The number of hydrogen-bond donors (Lipinski definition) is 1. The average Bonchev–Trinajstić information content (AvgIpc) is 2.79. The summed E-state index contributed by atoms with van der Waals surface area (Å²) in [7, 11) is 2.12. The Balaban J connectivity index is 2.34. The third-order valence-electron chi connectivity index (χ3n) is 3.25. The fourth-order valence-corrected chi connectivity index (χ4v) is 2.33. The molecule has 0 aliphatic carbocycles. The van der Waals surface area contributed by atoms with E-state index in [1.54, 1.807) is 0 Å². The van der Waals surface area contributed by atoms with Crippen molar-refractivity contribution in [3.8, 4) is 0 Å². The van der Waals surface area contributed by atoms with Gasteiger partial charge in [-0.2, -0.15) is 0 Å². The van der Waals surface area contributed by atoms with E-state index in [0.717, 1.165) is 43.9 Å². The predicted octanol–water partition coefficient (Wildman–Crippen LogP) is 2.68. The van der Waals surface area contributed by atoms with Crippen molar-refractivity contribution < 1.29 is 0 Å². The number of anilines is 1. The fraction of sp³-hybridized carbons (Fsp3) is 0.533. The molecule has 4 heteroatoms. The van der Waals surface area contributed by atoms with Gasteiger partial charge in [0, 0.05) is 26.3 Å². The third kappa shape index (κ3) is 3.07. The Morgan fingerprint density at radius 2 is 2.11 bits per heavy atom. The highest BCUT2D eigenvalue weighted by Gasteiger charge is 2.14. The van der Waals surface area contributed by atoms with Gasteiger partial charge in [0.2, 0.25) is 0 Å². The molecule has 0 aliphatic rings. The van der Waals surface area contributed by atoms with E-state index in [1.807, 2.05) is 6.07 Å². The number of aromatic nitrogens is 2. The molecule has 0 fully saturated rings. The van der Waals surface area contributed by atoms with Gasteiger partial charge in [-0.05, 0) is 31.5 Å². The van der Waals surface area contributed by atoms with Crippen molar-refractivity contribution in [1.29, 1.82) is 0 Å². The second-order valence-corrected chi connectivity index (χ2v) is 4.91. The zero-order valence-corrected chi connectivity index (χ0v) is 12.2. The number of fused-ring (bicyclic) bond motifs is 1. The van der Waals surface area contributed by atoms with E-state index < -0.39 is 0 Å². The van der Waals surface area contributed by atoms with Crippen LogP contribution in [0.15, 0.2) is 24.4 Å². The first-order chi connectivity index (χ1) is 9.27. The molecule has 0 atom stereocenters. The monoisotopic (exact) mass is 260 g/mol. The third-order valence-corrected chi connectivity index (χ3v) is 3.25. The highest BCUT2D eigenvalue weighted by Crippen LogP contribution is 2.20. The van der Waals surface area contributed by atoms with E-state index in [9.17, 15) is 0 Å². The molecular formula is C15H24N4. The number of imidazole rings is 1. The summed E-state index contributed by atoms with van der Waals surface area (Å²) >= 11 is 0. The molecule has 2 aromatic heterocycles. The first-order valence-electron chi connectivity index (χ1n) is 7.15. The molecule has 4 nitrogen and oxygen atoms in total. The van der Waals surface area contributed by atoms with Gasteiger partial charge in [-0.1, -0.05) is 19.9 Å². The van der Waals surface area contributed by atoms with Crippen LogP contribution >= 0.6 is 0 Å². The molecule has 0 unspecified atom stereocenters. The van der Waals surface area contributed by atoms with Crippen molar-refractivity contribution in [3.63, 3.8) is 0 Å². The maximum absolute atomic E-state index is 4.76. The summed E-state index contributed by atoms with van der Waals surface area (Å²) in [6, 6.07) is 6.16. The molecule has 2 rings (SSSR count). The van der Waals surface area contributed by atoms with Crippen LogP contribution in [0.4, 0.5) is 5.82 Å². The average molecular weight is 260 g/mol. The van der Waals surface area contributed by atoms with Crippen LogP contribution in [0.25, 0.3) is 5.65 Å². The minimum absolute atomic E-state index is 0.863. The van der Waals surface area contributed by atoms with Crippen LogP contribution in [0.5, 0.6) is 0 Å². The van der Waals surface area contributed by atoms with E-state index in [-0.39, 0.29) is 0 Å². The van der Waals surface area contributed by atoms with E-state index in [1.165, 1.54) is 5.69 Å². The number of pyridine rings is 1. The summed E-state index contributed by atoms with van der Waals surface area (Å²) in [5.41, 5.74) is 2.27. The number of nitrogens with one attached hydrogen (secondary N) is 1. The summed E-state index contributed by atoms with van der Waals surface area (Å²) < 4.78 is 2.18. The van der Waals surface area contributed by atoms with E-state index in [4.69, 9.17) is 4.98 Å². The van der Waals surface area contributed by atoms with Gasteiger partial charge in [-0.3, -0.25) is 0 Å². The highest BCUT2D eigenvalue weighted by molar-refractivity contribution is 5.55. The van der Waals surface area contributed by atoms with Gasteiger partial charge in [0.15, 0.2) is 5.82 Å². The molecule has 0 aromatic carbocycles. The Kier molecular flexibility index (Phi) is 4.80. The minimum Gasteiger partial charge on any atom is -0.358 e. The Morgan fingerprint density at radius 3 is 2.84 bits per heavy atom. The number of rotatable bonds is 7. The maximum atomic E-state index is 4.76. The smallest absolute Gasteiger partial charge is 0.152 e. The van der Waals surface area contributed by atoms with Gasteiger partial charge in [0.1, 0.15) is 5.65 Å². The molecule has 0 bridgehead atoms. The molecule has 0 saturated carbocycles. The summed E-state index contributed by atoms with van der Waals surface area (Å²) in [4.78, 5) is 7.00. The van der Waals surface area contributed by atoms with Crippen molar-refractivity contribution >= 4 is 11.5 Å². The zero-order valence-electron chi connectivity index (χ0n) is 12.2. The molecule has 0 radical (unpaired) electrons. The van der Waals surface area contributed by atoms with Gasteiger partial charge >= 0.3 is 0 Å². The number of hydrogen-bond acceptors (Lipinski definition) is 3. The minimum atomic E-state index is 0.863. The second-order valence-electron chi connectivity index (χ2n) is 4.91. The first kappa shape index (κ1) is 13.9. The van der Waals surface area contributed by atoms with Crippen LogP contribution in [0.3, 0.4) is 0 Å². The second kappa shape index (κ2) is 6.57. The van der Waals surface area contributed by atoms with Gasteiger partial charge in [0.05, 0.1) is 5.69 Å². The van der Waals surface area contributed by atoms with Gasteiger partial charge in [-0.15, -0.1) is 0 Å². The normalized spacial score (nSPS) is 11.1. The molecule has 0 amide bonds. The lowest BCUT2D eigenvalue weighted by Gasteiger charge is -2.17.